The van der Waals surface area contributed by atoms with Gasteiger partial charge in [-0.3, -0.25) is 9.69 Å². The molecule has 1 aromatic heterocycles. The average molecular weight is 347 g/mol. The zero-order chi connectivity index (χ0) is 16.9. The molecular formula is C17H21N3O3S. The van der Waals surface area contributed by atoms with E-state index in [1.54, 1.807) is 20.4 Å². The zero-order valence-corrected chi connectivity index (χ0v) is 14.6. The molecule has 1 fully saturated rings. The van der Waals surface area contributed by atoms with E-state index in [-0.39, 0.29) is 11.9 Å². The van der Waals surface area contributed by atoms with Gasteiger partial charge in [0.05, 0.1) is 20.8 Å². The third kappa shape index (κ3) is 3.68. The SMILES string of the molecule is COc1ccc([C@H]2CCCN2CC(=O)Nc2nccs2)cc1OC. The molecule has 6 nitrogen and oxygen atoms in total. The Morgan fingerprint density at radius 1 is 1.38 bits per heavy atom. The first kappa shape index (κ1) is 16.7. The van der Waals surface area contributed by atoms with Crippen LogP contribution in [0.25, 0.3) is 0 Å². The molecule has 1 amide bonds. The summed E-state index contributed by atoms with van der Waals surface area (Å²) in [5, 5.41) is 5.33. The van der Waals surface area contributed by atoms with Gasteiger partial charge in [-0.25, -0.2) is 4.98 Å². The maximum Gasteiger partial charge on any atom is 0.240 e. The number of benzene rings is 1. The number of nitrogens with zero attached hydrogens (tertiary/aromatic N) is 2. The number of anilines is 1. The minimum atomic E-state index is -0.0303. The van der Waals surface area contributed by atoms with E-state index in [1.807, 2.05) is 23.6 Å². The monoisotopic (exact) mass is 347 g/mol. The zero-order valence-electron chi connectivity index (χ0n) is 13.8. The van der Waals surface area contributed by atoms with Gasteiger partial charge in [-0.2, -0.15) is 0 Å². The van der Waals surface area contributed by atoms with Crippen LogP contribution in [0.3, 0.4) is 0 Å². The quantitative estimate of drug-likeness (QED) is 0.870. The molecule has 0 radical (unpaired) electrons. The predicted molar refractivity (Wildman–Crippen MR) is 93.8 cm³/mol. The molecule has 0 unspecified atom stereocenters. The van der Waals surface area contributed by atoms with E-state index in [4.69, 9.17) is 9.47 Å². The van der Waals surface area contributed by atoms with Crippen molar-refractivity contribution in [3.63, 3.8) is 0 Å². The van der Waals surface area contributed by atoms with Crippen LogP contribution >= 0.6 is 11.3 Å². The molecule has 1 saturated heterocycles. The second-order valence-electron chi connectivity index (χ2n) is 5.63. The lowest BCUT2D eigenvalue weighted by molar-refractivity contribution is -0.117. The molecule has 2 aromatic rings. The Morgan fingerprint density at radius 2 is 2.21 bits per heavy atom. The molecule has 2 heterocycles. The van der Waals surface area contributed by atoms with Crippen molar-refractivity contribution in [1.82, 2.24) is 9.88 Å². The summed E-state index contributed by atoms with van der Waals surface area (Å²) in [5.74, 6) is 1.40. The Balaban J connectivity index is 1.70. The molecule has 1 N–H and O–H groups in total. The number of methoxy groups -OCH3 is 2. The Kier molecular flexibility index (Phi) is 5.32. The van der Waals surface area contributed by atoms with Crippen LogP contribution in [-0.2, 0) is 4.79 Å². The molecule has 1 aliphatic rings. The number of rotatable bonds is 6. The number of aromatic nitrogens is 1. The summed E-state index contributed by atoms with van der Waals surface area (Å²) in [6.45, 7) is 1.27. The largest absolute Gasteiger partial charge is 0.493 e. The minimum absolute atomic E-state index is 0.0303. The first-order chi connectivity index (χ1) is 11.7. The third-order valence-electron chi connectivity index (χ3n) is 4.18. The van der Waals surface area contributed by atoms with Gasteiger partial charge in [0.2, 0.25) is 5.91 Å². The first-order valence-electron chi connectivity index (χ1n) is 7.86. The van der Waals surface area contributed by atoms with E-state index in [0.29, 0.717) is 23.2 Å². The van der Waals surface area contributed by atoms with Crippen LogP contribution in [-0.4, -0.2) is 43.1 Å². The summed E-state index contributed by atoms with van der Waals surface area (Å²) in [5.41, 5.74) is 1.15. The van der Waals surface area contributed by atoms with E-state index >= 15 is 0 Å². The van der Waals surface area contributed by atoms with E-state index in [0.717, 1.165) is 24.9 Å². The fourth-order valence-electron chi connectivity index (χ4n) is 3.08. The number of likely N-dealkylation sites (tertiary alicyclic amines) is 1. The number of thiazole rings is 1. The molecule has 3 rings (SSSR count). The van der Waals surface area contributed by atoms with Gasteiger partial charge >= 0.3 is 0 Å². The van der Waals surface area contributed by atoms with Crippen molar-refractivity contribution in [1.29, 1.82) is 0 Å². The molecule has 0 aliphatic carbocycles. The van der Waals surface area contributed by atoms with Crippen molar-refractivity contribution in [3.8, 4) is 11.5 Å². The highest BCUT2D eigenvalue weighted by atomic mass is 32.1. The van der Waals surface area contributed by atoms with Gasteiger partial charge in [0.15, 0.2) is 16.6 Å². The normalized spacial score (nSPS) is 17.7. The smallest absolute Gasteiger partial charge is 0.240 e. The van der Waals surface area contributed by atoms with Crippen LogP contribution < -0.4 is 14.8 Å². The van der Waals surface area contributed by atoms with Gasteiger partial charge in [0, 0.05) is 17.6 Å². The number of carbonyl (C=O) groups excluding carboxylic acids is 1. The molecule has 1 aliphatic heterocycles. The fraction of sp³-hybridized carbons (Fsp3) is 0.412. The minimum Gasteiger partial charge on any atom is -0.493 e. The van der Waals surface area contributed by atoms with Crippen LogP contribution in [0, 0.1) is 0 Å². The molecule has 0 spiro atoms. The standard InChI is InChI=1S/C17H21N3O3S/c1-22-14-6-5-12(10-15(14)23-2)13-4-3-8-20(13)11-16(21)19-17-18-7-9-24-17/h5-7,9-10,13H,3-4,8,11H2,1-2H3,(H,18,19,21)/t13-/m1/s1. The van der Waals surface area contributed by atoms with Gasteiger partial charge in [-0.05, 0) is 37.1 Å². The second kappa shape index (κ2) is 7.63. The van der Waals surface area contributed by atoms with Gasteiger partial charge in [0.25, 0.3) is 0 Å². The number of ether oxygens (including phenoxy) is 2. The molecule has 7 heteroatoms. The highest BCUT2D eigenvalue weighted by molar-refractivity contribution is 7.13. The van der Waals surface area contributed by atoms with Crippen LogP contribution in [0.15, 0.2) is 29.8 Å². The summed E-state index contributed by atoms with van der Waals surface area (Å²) in [6, 6.07) is 6.18. The molecule has 128 valence electrons. The van der Waals surface area contributed by atoms with E-state index in [2.05, 4.69) is 15.2 Å². The topological polar surface area (TPSA) is 63.7 Å². The molecular weight excluding hydrogens is 326 g/mol. The summed E-state index contributed by atoms with van der Waals surface area (Å²) < 4.78 is 10.7. The maximum atomic E-state index is 12.2. The van der Waals surface area contributed by atoms with Crippen molar-refractivity contribution in [2.45, 2.75) is 18.9 Å². The number of nitrogens with one attached hydrogen (secondary N) is 1. The number of carbonyl (C=O) groups is 1. The fourth-order valence-corrected chi connectivity index (χ4v) is 3.63. The van der Waals surface area contributed by atoms with Crippen LogP contribution in [0.4, 0.5) is 5.13 Å². The summed E-state index contributed by atoms with van der Waals surface area (Å²) in [6.07, 6.45) is 3.78. The summed E-state index contributed by atoms with van der Waals surface area (Å²) in [4.78, 5) is 18.5. The van der Waals surface area contributed by atoms with Crippen molar-refractivity contribution >= 4 is 22.4 Å². The molecule has 0 bridgehead atoms. The average Bonchev–Trinajstić information content (AvgIpc) is 3.26. The van der Waals surface area contributed by atoms with Crippen LogP contribution in [0.5, 0.6) is 11.5 Å². The number of hydrogen-bond donors (Lipinski definition) is 1. The molecule has 0 saturated carbocycles. The van der Waals surface area contributed by atoms with Gasteiger partial charge in [-0.15, -0.1) is 11.3 Å². The Hall–Kier alpha value is -2.12. The number of amides is 1. The highest BCUT2D eigenvalue weighted by Crippen LogP contribution is 2.36. The molecule has 1 atom stereocenters. The second-order valence-corrected chi connectivity index (χ2v) is 6.52. The third-order valence-corrected chi connectivity index (χ3v) is 4.87. The molecule has 24 heavy (non-hydrogen) atoms. The van der Waals surface area contributed by atoms with Crippen molar-refractivity contribution < 1.29 is 14.3 Å². The van der Waals surface area contributed by atoms with Crippen molar-refractivity contribution in [2.75, 3.05) is 32.6 Å². The van der Waals surface area contributed by atoms with Crippen molar-refractivity contribution in [3.05, 3.63) is 35.3 Å². The molecule has 1 aromatic carbocycles. The Bertz CT molecular complexity index is 690. The first-order valence-corrected chi connectivity index (χ1v) is 8.74. The van der Waals surface area contributed by atoms with Crippen molar-refractivity contribution in [2.24, 2.45) is 0 Å². The Morgan fingerprint density at radius 3 is 2.92 bits per heavy atom. The summed E-state index contributed by atoms with van der Waals surface area (Å²) >= 11 is 1.42. The predicted octanol–water partition coefficient (Wildman–Crippen LogP) is 2.94. The van der Waals surface area contributed by atoms with Gasteiger partial charge in [-0.1, -0.05) is 6.07 Å². The lowest BCUT2D eigenvalue weighted by Crippen LogP contribution is -2.32. The summed E-state index contributed by atoms with van der Waals surface area (Å²) in [7, 11) is 3.26. The lowest BCUT2D eigenvalue weighted by atomic mass is 10.0. The van der Waals surface area contributed by atoms with E-state index in [9.17, 15) is 4.79 Å². The maximum absolute atomic E-state index is 12.2. The van der Waals surface area contributed by atoms with E-state index in [1.165, 1.54) is 11.3 Å². The Labute approximate surface area is 145 Å². The van der Waals surface area contributed by atoms with Crippen LogP contribution in [0.1, 0.15) is 24.4 Å². The highest BCUT2D eigenvalue weighted by Gasteiger charge is 2.28. The number of hydrogen-bond acceptors (Lipinski definition) is 6. The van der Waals surface area contributed by atoms with Gasteiger partial charge < -0.3 is 14.8 Å². The van der Waals surface area contributed by atoms with Gasteiger partial charge in [0.1, 0.15) is 0 Å². The lowest BCUT2D eigenvalue weighted by Gasteiger charge is -2.24. The van der Waals surface area contributed by atoms with Crippen LogP contribution in [0.2, 0.25) is 0 Å². The van der Waals surface area contributed by atoms with E-state index < -0.39 is 0 Å².